The van der Waals surface area contributed by atoms with Gasteiger partial charge in [-0.25, -0.2) is 0 Å². The van der Waals surface area contributed by atoms with Crippen molar-refractivity contribution in [3.8, 4) is 11.5 Å². The minimum absolute atomic E-state index is 0.0728. The number of amides is 1. The van der Waals surface area contributed by atoms with Crippen LogP contribution in [-0.2, 0) is 0 Å². The molecule has 1 aliphatic carbocycles. The summed E-state index contributed by atoms with van der Waals surface area (Å²) in [6.07, 6.45) is 6.70. The molecule has 2 heterocycles. The Bertz CT molecular complexity index is 732. The van der Waals surface area contributed by atoms with Gasteiger partial charge in [0.2, 0.25) is 0 Å². The second kappa shape index (κ2) is 6.75. The van der Waals surface area contributed by atoms with E-state index in [0.717, 1.165) is 24.3 Å². The Morgan fingerprint density at radius 1 is 1.20 bits per heavy atom. The topological polar surface area (TPSA) is 51.7 Å². The first-order valence-corrected chi connectivity index (χ1v) is 8.76. The predicted octanol–water partition coefficient (Wildman–Crippen LogP) is 3.16. The lowest BCUT2D eigenvalue weighted by molar-refractivity contribution is 0.0505. The molecule has 4 rings (SSSR count). The van der Waals surface area contributed by atoms with Crippen molar-refractivity contribution in [1.29, 1.82) is 0 Å². The van der Waals surface area contributed by atoms with Crippen LogP contribution in [0.1, 0.15) is 29.6 Å². The van der Waals surface area contributed by atoms with Crippen molar-refractivity contribution in [2.75, 3.05) is 13.7 Å². The lowest BCUT2D eigenvalue weighted by atomic mass is 9.99. The minimum atomic E-state index is 0.0728. The van der Waals surface area contributed by atoms with Crippen LogP contribution in [0.2, 0.25) is 0 Å². The summed E-state index contributed by atoms with van der Waals surface area (Å²) in [5.41, 5.74) is 0.657. The summed E-state index contributed by atoms with van der Waals surface area (Å²) in [6.45, 7) is 0.527. The maximum atomic E-state index is 13.0. The Morgan fingerprint density at radius 2 is 2.00 bits per heavy atom. The number of likely N-dealkylation sites (tertiary alicyclic amines) is 1. The number of methoxy groups -OCH3 is 1. The van der Waals surface area contributed by atoms with Gasteiger partial charge in [0.05, 0.1) is 18.7 Å². The summed E-state index contributed by atoms with van der Waals surface area (Å²) in [5, 5.41) is 0. The van der Waals surface area contributed by atoms with E-state index in [0.29, 0.717) is 24.1 Å². The van der Waals surface area contributed by atoms with Crippen LogP contribution >= 0.6 is 0 Å². The quantitative estimate of drug-likeness (QED) is 0.840. The predicted molar refractivity (Wildman–Crippen MR) is 93.8 cm³/mol. The fourth-order valence-corrected chi connectivity index (χ4v) is 4.12. The highest BCUT2D eigenvalue weighted by Gasteiger charge is 2.48. The highest BCUT2D eigenvalue weighted by molar-refractivity contribution is 5.94. The number of fused-ring (bicyclic) bond motifs is 2. The summed E-state index contributed by atoms with van der Waals surface area (Å²) >= 11 is 0. The number of rotatable bonds is 5. The molecule has 5 nitrogen and oxygen atoms in total. The van der Waals surface area contributed by atoms with Crippen molar-refractivity contribution in [2.24, 2.45) is 5.92 Å². The van der Waals surface area contributed by atoms with E-state index >= 15 is 0 Å². The minimum Gasteiger partial charge on any atom is -0.497 e. The van der Waals surface area contributed by atoms with Crippen molar-refractivity contribution in [2.45, 2.75) is 31.3 Å². The van der Waals surface area contributed by atoms with Gasteiger partial charge in [-0.05, 0) is 61.6 Å². The van der Waals surface area contributed by atoms with Gasteiger partial charge in [0.15, 0.2) is 0 Å². The van der Waals surface area contributed by atoms with Gasteiger partial charge in [0.1, 0.15) is 18.1 Å². The Balaban J connectivity index is 1.48. The zero-order chi connectivity index (χ0) is 17.2. The number of carbonyl (C=O) groups excluding carboxylic acids is 1. The van der Waals surface area contributed by atoms with E-state index in [1.165, 1.54) is 6.42 Å². The molecule has 1 aromatic heterocycles. The van der Waals surface area contributed by atoms with Crippen LogP contribution < -0.4 is 9.47 Å². The zero-order valence-corrected chi connectivity index (χ0v) is 14.3. The molecule has 1 aliphatic heterocycles. The number of ether oxygens (including phenoxy) is 2. The van der Waals surface area contributed by atoms with E-state index in [1.807, 2.05) is 41.3 Å². The van der Waals surface area contributed by atoms with Crippen molar-refractivity contribution in [1.82, 2.24) is 9.88 Å². The van der Waals surface area contributed by atoms with E-state index in [2.05, 4.69) is 4.98 Å². The molecule has 25 heavy (non-hydrogen) atoms. The average Bonchev–Trinajstić information content (AvgIpc) is 3.28. The van der Waals surface area contributed by atoms with Gasteiger partial charge in [0.25, 0.3) is 5.91 Å². The fourth-order valence-electron chi connectivity index (χ4n) is 4.12. The molecule has 0 unspecified atom stereocenters. The number of aromatic nitrogens is 1. The maximum Gasteiger partial charge on any atom is 0.256 e. The number of carbonyl (C=O) groups is 1. The standard InChI is InChI=1S/C20H22N2O3/c1-24-17-6-8-18(9-7-17)25-13-19-14-4-5-16(11-14)22(19)20(23)15-3-2-10-21-12-15/h2-3,6-10,12,14,16,19H,4-5,11,13H2,1H3/t14-,16+,19-/m1/s1. The highest BCUT2D eigenvalue weighted by atomic mass is 16.5. The van der Waals surface area contributed by atoms with Crippen LogP contribution in [-0.4, -0.2) is 41.6 Å². The molecule has 0 spiro atoms. The van der Waals surface area contributed by atoms with Crippen LogP contribution in [0.3, 0.4) is 0 Å². The molecular weight excluding hydrogens is 316 g/mol. The molecule has 2 aromatic rings. The fraction of sp³-hybridized carbons (Fsp3) is 0.400. The average molecular weight is 338 g/mol. The molecule has 2 bridgehead atoms. The van der Waals surface area contributed by atoms with E-state index in [9.17, 15) is 4.79 Å². The monoisotopic (exact) mass is 338 g/mol. The van der Waals surface area contributed by atoms with E-state index < -0.39 is 0 Å². The van der Waals surface area contributed by atoms with Crippen LogP contribution in [0.4, 0.5) is 0 Å². The van der Waals surface area contributed by atoms with Crippen molar-refractivity contribution in [3.05, 3.63) is 54.4 Å². The second-order valence-electron chi connectivity index (χ2n) is 6.73. The number of pyridine rings is 1. The van der Waals surface area contributed by atoms with Gasteiger partial charge < -0.3 is 14.4 Å². The molecule has 1 saturated carbocycles. The number of piperidine rings is 1. The van der Waals surface area contributed by atoms with Gasteiger partial charge in [-0.3, -0.25) is 9.78 Å². The van der Waals surface area contributed by atoms with Gasteiger partial charge in [0, 0.05) is 18.4 Å². The second-order valence-corrected chi connectivity index (χ2v) is 6.73. The van der Waals surface area contributed by atoms with Gasteiger partial charge in [-0.2, -0.15) is 0 Å². The molecule has 1 saturated heterocycles. The lowest BCUT2D eigenvalue weighted by Gasteiger charge is -2.35. The highest BCUT2D eigenvalue weighted by Crippen LogP contribution is 2.43. The molecule has 0 N–H and O–H groups in total. The Morgan fingerprint density at radius 3 is 2.72 bits per heavy atom. The molecule has 130 valence electrons. The Hall–Kier alpha value is -2.56. The smallest absolute Gasteiger partial charge is 0.256 e. The van der Waals surface area contributed by atoms with Gasteiger partial charge in [-0.1, -0.05) is 0 Å². The third kappa shape index (κ3) is 3.06. The normalized spacial score (nSPS) is 24.4. The third-order valence-corrected chi connectivity index (χ3v) is 5.36. The molecule has 3 atom stereocenters. The van der Waals surface area contributed by atoms with E-state index in [1.54, 1.807) is 19.5 Å². The summed E-state index contributed by atoms with van der Waals surface area (Å²) in [6, 6.07) is 11.7. The molecule has 1 aromatic carbocycles. The SMILES string of the molecule is COc1ccc(OC[C@@H]2[C@@H]3CC[C@@H](C3)N2C(=O)c2cccnc2)cc1. The number of hydrogen-bond acceptors (Lipinski definition) is 4. The van der Waals surface area contributed by atoms with E-state index in [4.69, 9.17) is 9.47 Å². The summed E-state index contributed by atoms with van der Waals surface area (Å²) in [7, 11) is 1.65. The molecular formula is C20H22N2O3. The van der Waals surface area contributed by atoms with Crippen molar-refractivity contribution < 1.29 is 14.3 Å². The van der Waals surface area contributed by atoms with Crippen LogP contribution in [0.5, 0.6) is 11.5 Å². The van der Waals surface area contributed by atoms with Crippen molar-refractivity contribution in [3.63, 3.8) is 0 Å². The zero-order valence-electron chi connectivity index (χ0n) is 14.3. The largest absolute Gasteiger partial charge is 0.497 e. The van der Waals surface area contributed by atoms with Crippen LogP contribution in [0, 0.1) is 5.92 Å². The first kappa shape index (κ1) is 15.9. The number of hydrogen-bond donors (Lipinski definition) is 0. The summed E-state index contributed by atoms with van der Waals surface area (Å²) < 4.78 is 11.2. The number of benzene rings is 1. The van der Waals surface area contributed by atoms with Crippen molar-refractivity contribution >= 4 is 5.91 Å². The van der Waals surface area contributed by atoms with E-state index in [-0.39, 0.29) is 11.9 Å². The maximum absolute atomic E-state index is 13.0. The molecule has 5 heteroatoms. The summed E-state index contributed by atoms with van der Waals surface area (Å²) in [4.78, 5) is 19.1. The molecule has 2 aliphatic rings. The van der Waals surface area contributed by atoms with Crippen LogP contribution in [0.25, 0.3) is 0 Å². The lowest BCUT2D eigenvalue weighted by Crippen LogP contribution is -2.47. The summed E-state index contributed by atoms with van der Waals surface area (Å²) in [5.74, 6) is 2.21. The number of nitrogens with zero attached hydrogens (tertiary/aromatic N) is 2. The molecule has 0 radical (unpaired) electrons. The molecule has 1 amide bonds. The Kier molecular flexibility index (Phi) is 4.30. The first-order chi connectivity index (χ1) is 12.3. The third-order valence-electron chi connectivity index (χ3n) is 5.36. The molecule has 2 fully saturated rings. The first-order valence-electron chi connectivity index (χ1n) is 8.76. The van der Waals surface area contributed by atoms with Crippen LogP contribution in [0.15, 0.2) is 48.8 Å². The van der Waals surface area contributed by atoms with Gasteiger partial charge in [-0.15, -0.1) is 0 Å². The van der Waals surface area contributed by atoms with Gasteiger partial charge >= 0.3 is 0 Å². The Labute approximate surface area is 147 Å².